The van der Waals surface area contributed by atoms with Gasteiger partial charge in [0, 0.05) is 12.1 Å². The van der Waals surface area contributed by atoms with E-state index in [4.69, 9.17) is 10.5 Å². The van der Waals surface area contributed by atoms with E-state index < -0.39 is 0 Å². The summed E-state index contributed by atoms with van der Waals surface area (Å²) in [6.07, 6.45) is 1.81. The molecular formula is C16H21N3O2. The molecule has 21 heavy (non-hydrogen) atoms. The molecular weight excluding hydrogens is 266 g/mol. The van der Waals surface area contributed by atoms with Crippen LogP contribution in [0.2, 0.25) is 0 Å². The molecule has 1 heterocycles. The first-order valence-electron chi connectivity index (χ1n) is 7.26. The second-order valence-corrected chi connectivity index (χ2v) is 4.89. The van der Waals surface area contributed by atoms with Crippen molar-refractivity contribution in [3.05, 3.63) is 40.7 Å². The Balaban J connectivity index is 2.31. The number of aromatic nitrogens is 2. The van der Waals surface area contributed by atoms with Gasteiger partial charge in [0.15, 0.2) is 0 Å². The van der Waals surface area contributed by atoms with E-state index in [1.807, 2.05) is 31.2 Å². The van der Waals surface area contributed by atoms with E-state index >= 15 is 0 Å². The number of aryl methyl sites for hydroxylation is 1. The van der Waals surface area contributed by atoms with Gasteiger partial charge < -0.3 is 10.5 Å². The Morgan fingerprint density at radius 1 is 1.19 bits per heavy atom. The van der Waals surface area contributed by atoms with Gasteiger partial charge in [0.2, 0.25) is 0 Å². The lowest BCUT2D eigenvalue weighted by Crippen LogP contribution is -2.25. The molecule has 0 unspecified atom stereocenters. The third-order valence-corrected chi connectivity index (χ3v) is 3.06. The first-order chi connectivity index (χ1) is 10.2. The second-order valence-electron chi connectivity index (χ2n) is 4.89. The average molecular weight is 287 g/mol. The molecule has 1 aromatic heterocycles. The lowest BCUT2D eigenvalue weighted by molar-refractivity contribution is 0.317. The third kappa shape index (κ3) is 3.62. The molecule has 0 aliphatic rings. The number of nitrogens with two attached hydrogens (primary N) is 1. The number of nitrogen functional groups attached to an aromatic ring is 1. The molecule has 112 valence electrons. The molecule has 1 aromatic carbocycles. The molecule has 5 nitrogen and oxygen atoms in total. The number of hydrogen-bond donors (Lipinski definition) is 1. The van der Waals surface area contributed by atoms with Crippen LogP contribution in [0.15, 0.2) is 35.1 Å². The number of benzene rings is 1. The molecule has 0 bridgehead atoms. The molecule has 0 radical (unpaired) electrons. The van der Waals surface area contributed by atoms with Crippen molar-refractivity contribution in [2.45, 2.75) is 33.2 Å². The molecule has 5 heteroatoms. The Kier molecular flexibility index (Phi) is 4.98. The predicted molar refractivity (Wildman–Crippen MR) is 84.4 cm³/mol. The quantitative estimate of drug-likeness (QED) is 0.886. The van der Waals surface area contributed by atoms with Gasteiger partial charge in [0.05, 0.1) is 12.3 Å². The summed E-state index contributed by atoms with van der Waals surface area (Å²) in [4.78, 5) is 11.9. The fraction of sp³-hybridized carbons (Fsp3) is 0.375. The lowest BCUT2D eigenvalue weighted by Gasteiger charge is -2.09. The largest absolute Gasteiger partial charge is 0.494 e. The van der Waals surface area contributed by atoms with Crippen molar-refractivity contribution < 1.29 is 4.74 Å². The summed E-state index contributed by atoms with van der Waals surface area (Å²) < 4.78 is 6.97. The van der Waals surface area contributed by atoms with Crippen molar-refractivity contribution in [1.29, 1.82) is 0 Å². The minimum absolute atomic E-state index is 0.222. The zero-order valence-corrected chi connectivity index (χ0v) is 12.5. The molecule has 2 rings (SSSR count). The summed E-state index contributed by atoms with van der Waals surface area (Å²) in [6, 6.07) is 9.27. The Labute approximate surface area is 124 Å². The predicted octanol–water partition coefficient (Wildman–Crippen LogP) is 2.69. The van der Waals surface area contributed by atoms with Crippen LogP contribution in [0.5, 0.6) is 5.75 Å². The van der Waals surface area contributed by atoms with Gasteiger partial charge in [-0.15, -0.1) is 0 Å². The summed E-state index contributed by atoms with van der Waals surface area (Å²) in [5.41, 5.74) is 7.39. The third-order valence-electron chi connectivity index (χ3n) is 3.06. The highest BCUT2D eigenvalue weighted by Gasteiger charge is 2.07. The molecule has 0 fully saturated rings. The van der Waals surface area contributed by atoms with E-state index in [-0.39, 0.29) is 11.2 Å². The number of ether oxygens (including phenoxy) is 1. The lowest BCUT2D eigenvalue weighted by atomic mass is 10.1. The van der Waals surface area contributed by atoms with Gasteiger partial charge >= 0.3 is 0 Å². The number of anilines is 1. The summed E-state index contributed by atoms with van der Waals surface area (Å²) >= 11 is 0. The van der Waals surface area contributed by atoms with Gasteiger partial charge in [-0.05, 0) is 43.2 Å². The first kappa shape index (κ1) is 15.1. The molecule has 2 aromatic rings. The summed E-state index contributed by atoms with van der Waals surface area (Å²) in [7, 11) is 0. The number of rotatable bonds is 6. The maximum atomic E-state index is 11.9. The van der Waals surface area contributed by atoms with E-state index in [2.05, 4.69) is 12.0 Å². The molecule has 0 aliphatic heterocycles. The maximum Gasteiger partial charge on any atom is 0.289 e. The molecule has 0 amide bonds. The van der Waals surface area contributed by atoms with Crippen LogP contribution in [0.25, 0.3) is 11.3 Å². The average Bonchev–Trinajstić information content (AvgIpc) is 2.50. The van der Waals surface area contributed by atoms with Crippen molar-refractivity contribution >= 4 is 5.69 Å². The van der Waals surface area contributed by atoms with Crippen LogP contribution in [0, 0.1) is 0 Å². The Bertz CT molecular complexity index is 648. The van der Waals surface area contributed by atoms with Crippen LogP contribution in [0.3, 0.4) is 0 Å². The minimum Gasteiger partial charge on any atom is -0.494 e. The van der Waals surface area contributed by atoms with Crippen LogP contribution in [0.1, 0.15) is 26.7 Å². The van der Waals surface area contributed by atoms with Gasteiger partial charge in [-0.1, -0.05) is 13.8 Å². The second kappa shape index (κ2) is 6.92. The smallest absolute Gasteiger partial charge is 0.289 e. The van der Waals surface area contributed by atoms with E-state index in [9.17, 15) is 4.79 Å². The normalized spacial score (nSPS) is 10.6. The van der Waals surface area contributed by atoms with Crippen LogP contribution < -0.4 is 16.0 Å². The SMILES string of the molecule is CCCOc1ccc(-c2cc(N)c(=O)n(CCC)n2)cc1. The summed E-state index contributed by atoms with van der Waals surface area (Å²) in [5.74, 6) is 0.829. The topological polar surface area (TPSA) is 70.1 Å². The maximum absolute atomic E-state index is 11.9. The molecule has 0 saturated heterocycles. The van der Waals surface area contributed by atoms with Crippen LogP contribution >= 0.6 is 0 Å². The fourth-order valence-corrected chi connectivity index (χ4v) is 2.01. The van der Waals surface area contributed by atoms with Gasteiger partial charge in [-0.2, -0.15) is 5.10 Å². The van der Waals surface area contributed by atoms with Crippen molar-refractivity contribution in [2.24, 2.45) is 0 Å². The number of hydrogen-bond acceptors (Lipinski definition) is 4. The molecule has 2 N–H and O–H groups in total. The Hall–Kier alpha value is -2.30. The van der Waals surface area contributed by atoms with Crippen molar-refractivity contribution in [3.63, 3.8) is 0 Å². The zero-order valence-electron chi connectivity index (χ0n) is 12.5. The van der Waals surface area contributed by atoms with E-state index in [0.29, 0.717) is 18.8 Å². The van der Waals surface area contributed by atoms with Gasteiger partial charge in [-0.3, -0.25) is 4.79 Å². The van der Waals surface area contributed by atoms with Crippen LogP contribution in [-0.2, 0) is 6.54 Å². The van der Waals surface area contributed by atoms with Gasteiger partial charge in [0.25, 0.3) is 5.56 Å². The van der Waals surface area contributed by atoms with Crippen molar-refractivity contribution in [2.75, 3.05) is 12.3 Å². The summed E-state index contributed by atoms with van der Waals surface area (Å²) in [6.45, 7) is 5.33. The highest BCUT2D eigenvalue weighted by atomic mass is 16.5. The monoisotopic (exact) mass is 287 g/mol. The van der Waals surface area contributed by atoms with Crippen LogP contribution in [0.4, 0.5) is 5.69 Å². The van der Waals surface area contributed by atoms with Gasteiger partial charge in [-0.25, -0.2) is 4.68 Å². The highest BCUT2D eigenvalue weighted by Crippen LogP contribution is 2.21. The first-order valence-corrected chi connectivity index (χ1v) is 7.26. The Morgan fingerprint density at radius 2 is 1.90 bits per heavy atom. The van der Waals surface area contributed by atoms with E-state index in [1.165, 1.54) is 4.68 Å². The molecule has 0 saturated carbocycles. The number of nitrogens with zero attached hydrogens (tertiary/aromatic N) is 2. The highest BCUT2D eigenvalue weighted by molar-refractivity contribution is 5.62. The van der Waals surface area contributed by atoms with Crippen molar-refractivity contribution in [1.82, 2.24) is 9.78 Å². The Morgan fingerprint density at radius 3 is 2.52 bits per heavy atom. The zero-order chi connectivity index (χ0) is 15.2. The van der Waals surface area contributed by atoms with Crippen molar-refractivity contribution in [3.8, 4) is 17.0 Å². The van der Waals surface area contributed by atoms with Crippen LogP contribution in [-0.4, -0.2) is 16.4 Å². The molecule has 0 atom stereocenters. The van der Waals surface area contributed by atoms with E-state index in [0.717, 1.165) is 24.2 Å². The fourth-order valence-electron chi connectivity index (χ4n) is 2.01. The minimum atomic E-state index is -0.233. The summed E-state index contributed by atoms with van der Waals surface area (Å²) in [5, 5.41) is 4.37. The van der Waals surface area contributed by atoms with E-state index in [1.54, 1.807) is 6.07 Å². The van der Waals surface area contributed by atoms with Gasteiger partial charge in [0.1, 0.15) is 11.4 Å². The standard InChI is InChI=1S/C16H21N3O2/c1-3-9-19-16(20)14(17)11-15(18-19)12-5-7-13(8-6-12)21-10-4-2/h5-8,11H,3-4,9-10,17H2,1-2H3. The molecule has 0 aliphatic carbocycles. The molecule has 0 spiro atoms.